The van der Waals surface area contributed by atoms with Gasteiger partial charge in [-0.2, -0.15) is 0 Å². The molecule has 0 aliphatic heterocycles. The van der Waals surface area contributed by atoms with Crippen molar-refractivity contribution in [2.75, 3.05) is 0 Å². The molecule has 0 radical (unpaired) electrons. The zero-order valence-electron chi connectivity index (χ0n) is 14.4. The van der Waals surface area contributed by atoms with Gasteiger partial charge in [0.05, 0.1) is 4.90 Å². The molecule has 0 spiro atoms. The van der Waals surface area contributed by atoms with Gasteiger partial charge in [0.15, 0.2) is 0 Å². The van der Waals surface area contributed by atoms with E-state index in [0.29, 0.717) is 4.90 Å². The molecule has 2 atom stereocenters. The largest absolute Gasteiger partial charge is 0.240 e. The minimum absolute atomic E-state index is 0.105. The third-order valence-corrected chi connectivity index (χ3v) is 6.97. The number of sulfonamides is 1. The molecule has 130 valence electrons. The third kappa shape index (κ3) is 5.10. The summed E-state index contributed by atoms with van der Waals surface area (Å²) in [5.41, 5.74) is 1.05. The molecule has 0 aliphatic rings. The Morgan fingerprint density at radius 3 is 2.12 bits per heavy atom. The van der Waals surface area contributed by atoms with E-state index in [4.69, 9.17) is 0 Å². The van der Waals surface area contributed by atoms with E-state index >= 15 is 0 Å². The Hall–Kier alpha value is -1.30. The van der Waals surface area contributed by atoms with Crippen LogP contribution in [-0.2, 0) is 10.0 Å². The van der Waals surface area contributed by atoms with Crippen molar-refractivity contribution in [3.8, 4) is 0 Å². The van der Waals surface area contributed by atoms with Gasteiger partial charge in [-0.1, -0.05) is 49.7 Å². The van der Waals surface area contributed by atoms with E-state index in [2.05, 4.69) is 23.8 Å². The fourth-order valence-corrected chi connectivity index (χ4v) is 5.23. The summed E-state index contributed by atoms with van der Waals surface area (Å²) in [6.45, 7) is 6.07. The molecule has 1 N–H and O–H groups in total. The van der Waals surface area contributed by atoms with Gasteiger partial charge in [0.2, 0.25) is 10.0 Å². The first-order valence-corrected chi connectivity index (χ1v) is 10.6. The number of hydrogen-bond acceptors (Lipinski definition) is 3. The quantitative estimate of drug-likeness (QED) is 0.696. The van der Waals surface area contributed by atoms with Gasteiger partial charge in [0, 0.05) is 16.2 Å². The minimum Gasteiger partial charge on any atom is -0.207 e. The van der Waals surface area contributed by atoms with E-state index in [1.54, 1.807) is 23.9 Å². The van der Waals surface area contributed by atoms with Crippen LogP contribution in [0.4, 0.5) is 0 Å². The lowest BCUT2D eigenvalue weighted by molar-refractivity contribution is 0.521. The summed E-state index contributed by atoms with van der Waals surface area (Å²) in [6.07, 6.45) is 1.65. The number of hydrogen-bond donors (Lipinski definition) is 1. The first kappa shape index (κ1) is 19.0. The van der Waals surface area contributed by atoms with Crippen molar-refractivity contribution in [1.82, 2.24) is 4.72 Å². The monoisotopic (exact) mass is 363 g/mol. The Morgan fingerprint density at radius 2 is 1.58 bits per heavy atom. The van der Waals surface area contributed by atoms with Crippen LogP contribution in [0, 0.1) is 6.92 Å². The number of rotatable bonds is 8. The number of aryl methyl sites for hydroxylation is 1. The molecule has 3 nitrogen and oxygen atoms in total. The van der Waals surface area contributed by atoms with Gasteiger partial charge in [-0.15, -0.1) is 11.8 Å². The van der Waals surface area contributed by atoms with Crippen molar-refractivity contribution in [2.24, 2.45) is 0 Å². The minimum atomic E-state index is -3.50. The van der Waals surface area contributed by atoms with Crippen molar-refractivity contribution >= 4 is 21.8 Å². The van der Waals surface area contributed by atoms with Crippen LogP contribution >= 0.6 is 11.8 Å². The SMILES string of the molecule is CC[C@H](Sc1ccccc1)[C@@H](CC)NS(=O)(=O)c1ccc(C)cc1. The van der Waals surface area contributed by atoms with Crippen molar-refractivity contribution in [3.05, 3.63) is 60.2 Å². The molecule has 0 unspecified atom stereocenters. The maximum absolute atomic E-state index is 12.7. The van der Waals surface area contributed by atoms with Crippen LogP contribution < -0.4 is 4.72 Å². The number of thioether (sulfide) groups is 1. The van der Waals surface area contributed by atoms with E-state index in [9.17, 15) is 8.42 Å². The maximum Gasteiger partial charge on any atom is 0.240 e. The summed E-state index contributed by atoms with van der Waals surface area (Å²) < 4.78 is 28.2. The van der Waals surface area contributed by atoms with Crippen LogP contribution in [0.5, 0.6) is 0 Å². The van der Waals surface area contributed by atoms with E-state index in [-0.39, 0.29) is 11.3 Å². The number of benzene rings is 2. The van der Waals surface area contributed by atoms with Gasteiger partial charge in [-0.05, 0) is 44.0 Å². The summed E-state index contributed by atoms with van der Waals surface area (Å²) >= 11 is 1.73. The highest BCUT2D eigenvalue weighted by Gasteiger charge is 2.25. The summed E-state index contributed by atoms with van der Waals surface area (Å²) in [4.78, 5) is 1.49. The van der Waals surface area contributed by atoms with E-state index in [1.807, 2.05) is 44.2 Å². The molecule has 2 aromatic rings. The fourth-order valence-electron chi connectivity index (χ4n) is 2.53. The molecular formula is C19H25NO2S2. The molecule has 2 aromatic carbocycles. The molecule has 0 amide bonds. The van der Waals surface area contributed by atoms with Crippen molar-refractivity contribution in [3.63, 3.8) is 0 Å². The van der Waals surface area contributed by atoms with E-state index in [1.165, 1.54) is 0 Å². The highest BCUT2D eigenvalue weighted by molar-refractivity contribution is 8.00. The van der Waals surface area contributed by atoms with Crippen LogP contribution in [0.25, 0.3) is 0 Å². The molecule has 0 aromatic heterocycles. The molecule has 5 heteroatoms. The summed E-state index contributed by atoms with van der Waals surface area (Å²) in [5, 5.41) is 0.192. The van der Waals surface area contributed by atoms with Gasteiger partial charge >= 0.3 is 0 Å². The fraction of sp³-hybridized carbons (Fsp3) is 0.368. The second-order valence-electron chi connectivity index (χ2n) is 5.83. The van der Waals surface area contributed by atoms with Gasteiger partial charge in [-0.25, -0.2) is 13.1 Å². The Labute approximate surface area is 149 Å². The van der Waals surface area contributed by atoms with Gasteiger partial charge in [0.25, 0.3) is 0 Å². The third-order valence-electron chi connectivity index (χ3n) is 3.96. The molecule has 0 bridgehead atoms. The zero-order valence-corrected chi connectivity index (χ0v) is 16.0. The molecule has 0 fully saturated rings. The summed E-state index contributed by atoms with van der Waals surface area (Å²) in [5.74, 6) is 0. The Morgan fingerprint density at radius 1 is 0.958 bits per heavy atom. The standard InChI is InChI=1S/C19H25NO2S2/c1-4-18(19(5-2)23-16-9-7-6-8-10-16)20-24(21,22)17-13-11-15(3)12-14-17/h6-14,18-20H,4-5H2,1-3H3/t18-,19+/m1/s1. The lowest BCUT2D eigenvalue weighted by Crippen LogP contribution is -2.41. The van der Waals surface area contributed by atoms with Crippen molar-refractivity contribution in [2.45, 2.75) is 54.7 Å². The van der Waals surface area contributed by atoms with Crippen molar-refractivity contribution in [1.29, 1.82) is 0 Å². The number of nitrogens with one attached hydrogen (secondary N) is 1. The molecule has 0 saturated heterocycles. The van der Waals surface area contributed by atoms with Crippen molar-refractivity contribution < 1.29 is 8.42 Å². The second kappa shape index (κ2) is 8.70. The predicted octanol–water partition coefficient (Wildman–Crippen LogP) is 4.62. The van der Waals surface area contributed by atoms with Gasteiger partial charge in [-0.3, -0.25) is 0 Å². The molecule has 0 aliphatic carbocycles. The Balaban J connectivity index is 2.15. The smallest absolute Gasteiger partial charge is 0.207 e. The summed E-state index contributed by atoms with van der Waals surface area (Å²) in [6, 6.07) is 17.0. The normalized spacial score (nSPS) is 14.3. The average Bonchev–Trinajstić information content (AvgIpc) is 2.59. The lowest BCUT2D eigenvalue weighted by atomic mass is 10.1. The van der Waals surface area contributed by atoms with E-state index in [0.717, 1.165) is 23.3 Å². The Bertz CT molecular complexity index is 728. The van der Waals surface area contributed by atoms with Crippen LogP contribution in [0.2, 0.25) is 0 Å². The molecule has 2 rings (SSSR count). The van der Waals surface area contributed by atoms with Crippen LogP contribution in [0.15, 0.2) is 64.4 Å². The zero-order chi connectivity index (χ0) is 17.6. The molecule has 0 heterocycles. The average molecular weight is 364 g/mol. The highest BCUT2D eigenvalue weighted by Crippen LogP contribution is 2.29. The topological polar surface area (TPSA) is 46.2 Å². The maximum atomic E-state index is 12.7. The first-order chi connectivity index (χ1) is 11.5. The first-order valence-electron chi connectivity index (χ1n) is 8.27. The second-order valence-corrected chi connectivity index (χ2v) is 8.85. The van der Waals surface area contributed by atoms with E-state index < -0.39 is 10.0 Å². The lowest BCUT2D eigenvalue weighted by Gasteiger charge is -2.25. The molecule has 24 heavy (non-hydrogen) atoms. The Kier molecular flexibility index (Phi) is 6.90. The highest BCUT2D eigenvalue weighted by atomic mass is 32.2. The summed E-state index contributed by atoms with van der Waals surface area (Å²) in [7, 11) is -3.50. The van der Waals surface area contributed by atoms with Gasteiger partial charge < -0.3 is 0 Å². The van der Waals surface area contributed by atoms with Crippen LogP contribution in [0.1, 0.15) is 32.3 Å². The van der Waals surface area contributed by atoms with Gasteiger partial charge in [0.1, 0.15) is 0 Å². The van der Waals surface area contributed by atoms with Crippen LogP contribution in [0.3, 0.4) is 0 Å². The molecular weight excluding hydrogens is 338 g/mol. The van der Waals surface area contributed by atoms with Crippen LogP contribution in [-0.4, -0.2) is 19.7 Å². The molecule has 0 saturated carbocycles. The predicted molar refractivity (Wildman–Crippen MR) is 102 cm³/mol.